The maximum Gasteiger partial charge on any atom is 0.291 e. The second-order valence-electron chi connectivity index (χ2n) is 6.93. The van der Waals surface area contributed by atoms with Crippen molar-refractivity contribution in [2.45, 2.75) is 26.8 Å². The fourth-order valence-corrected chi connectivity index (χ4v) is 4.40. The number of amides is 1. The Balaban J connectivity index is 1.46. The molecule has 7 nitrogen and oxygen atoms in total. The van der Waals surface area contributed by atoms with Gasteiger partial charge >= 0.3 is 0 Å². The van der Waals surface area contributed by atoms with Crippen LogP contribution in [0.4, 0.5) is 0 Å². The van der Waals surface area contributed by atoms with Crippen molar-refractivity contribution < 1.29 is 9.53 Å². The minimum Gasteiger partial charge on any atom is -0.497 e. The van der Waals surface area contributed by atoms with Gasteiger partial charge in [-0.05, 0) is 50.1 Å². The molecule has 0 saturated heterocycles. The molecule has 0 saturated carbocycles. The summed E-state index contributed by atoms with van der Waals surface area (Å²) in [5.41, 5.74) is 2.37. The molecule has 0 spiro atoms. The number of aryl methyl sites for hydroxylation is 2. The van der Waals surface area contributed by atoms with E-state index < -0.39 is 0 Å². The number of hydrogen-bond acceptors (Lipinski definition) is 5. The Kier molecular flexibility index (Phi) is 5.10. The molecule has 0 bridgehead atoms. The number of ether oxygens (including phenoxy) is 1. The number of nitrogens with zero attached hydrogens (tertiary/aromatic N) is 3. The van der Waals surface area contributed by atoms with Gasteiger partial charge in [0.05, 0.1) is 17.3 Å². The number of carbonyl (C=O) groups is 1. The van der Waals surface area contributed by atoms with E-state index in [4.69, 9.17) is 4.74 Å². The van der Waals surface area contributed by atoms with Crippen molar-refractivity contribution in [1.29, 1.82) is 0 Å². The number of hydrogen-bond donors (Lipinski definition) is 1. The lowest BCUT2D eigenvalue weighted by Gasteiger charge is -2.09. The number of carbonyl (C=O) groups excluding carboxylic acids is 1. The maximum absolute atomic E-state index is 12.8. The first-order valence-electron chi connectivity index (χ1n) is 9.35. The van der Waals surface area contributed by atoms with Crippen LogP contribution >= 0.6 is 11.3 Å². The molecule has 1 aromatic carbocycles. The lowest BCUT2D eigenvalue weighted by atomic mass is 10.1. The zero-order chi connectivity index (χ0) is 20.5. The van der Waals surface area contributed by atoms with E-state index in [0.29, 0.717) is 24.3 Å². The van der Waals surface area contributed by atoms with Gasteiger partial charge in [-0.1, -0.05) is 12.1 Å². The van der Waals surface area contributed by atoms with Crippen molar-refractivity contribution in [2.24, 2.45) is 0 Å². The quantitative estimate of drug-likeness (QED) is 0.530. The Morgan fingerprint density at radius 3 is 2.66 bits per heavy atom. The molecule has 29 heavy (non-hydrogen) atoms. The average Bonchev–Trinajstić information content (AvgIpc) is 3.22. The van der Waals surface area contributed by atoms with E-state index in [-0.39, 0.29) is 18.0 Å². The third-order valence-electron chi connectivity index (χ3n) is 4.84. The Bertz CT molecular complexity index is 1250. The van der Waals surface area contributed by atoms with Crippen LogP contribution in [0.3, 0.4) is 0 Å². The topological polar surface area (TPSA) is 77.6 Å². The fraction of sp³-hybridized carbons (Fsp3) is 0.286. The van der Waals surface area contributed by atoms with Gasteiger partial charge in [-0.25, -0.2) is 4.68 Å². The largest absolute Gasteiger partial charge is 0.497 e. The fourth-order valence-electron chi connectivity index (χ4n) is 3.46. The molecule has 4 rings (SSSR count). The summed E-state index contributed by atoms with van der Waals surface area (Å²) in [5.74, 6) is 1.24. The van der Waals surface area contributed by atoms with Crippen molar-refractivity contribution in [2.75, 3.05) is 13.7 Å². The van der Waals surface area contributed by atoms with E-state index in [2.05, 4.69) is 16.5 Å². The summed E-state index contributed by atoms with van der Waals surface area (Å²) in [6.07, 6.45) is 0.699. The van der Waals surface area contributed by atoms with Gasteiger partial charge < -0.3 is 10.1 Å². The van der Waals surface area contributed by atoms with Gasteiger partial charge in [-0.3, -0.25) is 14.0 Å². The monoisotopic (exact) mass is 410 g/mol. The number of rotatable bonds is 6. The van der Waals surface area contributed by atoms with E-state index in [9.17, 15) is 9.59 Å². The molecule has 8 heteroatoms. The van der Waals surface area contributed by atoms with E-state index in [1.165, 1.54) is 9.56 Å². The predicted molar refractivity (Wildman–Crippen MR) is 114 cm³/mol. The molecule has 0 aliphatic rings. The van der Waals surface area contributed by atoms with Gasteiger partial charge in [0, 0.05) is 11.4 Å². The molecule has 1 N–H and O–H groups in total. The first-order chi connectivity index (χ1) is 14.0. The summed E-state index contributed by atoms with van der Waals surface area (Å²) in [5, 5.41) is 7.21. The lowest BCUT2D eigenvalue weighted by molar-refractivity contribution is -0.121. The van der Waals surface area contributed by atoms with Crippen LogP contribution in [-0.4, -0.2) is 33.7 Å². The molecule has 3 heterocycles. The van der Waals surface area contributed by atoms with Crippen molar-refractivity contribution in [3.8, 4) is 5.75 Å². The normalized spacial score (nSPS) is 11.3. The molecule has 3 aromatic heterocycles. The Morgan fingerprint density at radius 1 is 1.17 bits per heavy atom. The highest BCUT2D eigenvalue weighted by molar-refractivity contribution is 7.19. The number of thiophene rings is 1. The van der Waals surface area contributed by atoms with Crippen LogP contribution in [0, 0.1) is 13.8 Å². The Morgan fingerprint density at radius 2 is 1.93 bits per heavy atom. The minimum atomic E-state index is -0.262. The molecule has 150 valence electrons. The summed E-state index contributed by atoms with van der Waals surface area (Å²) in [6.45, 7) is 4.27. The first-order valence-corrected chi connectivity index (χ1v) is 10.2. The average molecular weight is 410 g/mol. The lowest BCUT2D eigenvalue weighted by Crippen LogP contribution is -2.35. The molecule has 0 fully saturated rings. The molecule has 0 atom stereocenters. The third-order valence-corrected chi connectivity index (χ3v) is 5.83. The molecule has 4 aromatic rings. The molecular weight excluding hydrogens is 388 g/mol. The highest BCUT2D eigenvalue weighted by atomic mass is 32.1. The first kappa shape index (κ1) is 19.2. The third kappa shape index (κ3) is 3.75. The van der Waals surface area contributed by atoms with Crippen LogP contribution in [0.1, 0.15) is 16.3 Å². The van der Waals surface area contributed by atoms with Crippen molar-refractivity contribution >= 4 is 33.0 Å². The molecule has 1 amide bonds. The highest BCUT2D eigenvalue weighted by Gasteiger charge is 2.15. The Hall–Kier alpha value is -3.13. The molecule has 0 radical (unpaired) electrons. The van der Waals surface area contributed by atoms with Gasteiger partial charge in [-0.2, -0.15) is 5.10 Å². The standard InChI is InChI=1S/C21H22N4O3S/c1-13-10-17-19(29-13)11-18-21(27)24(23-14(2)25(17)18)12-20(26)22-9-8-15-4-6-16(28-3)7-5-15/h4-7,10-11H,8-9,12H2,1-3H3,(H,22,26). The van der Waals surface area contributed by atoms with Crippen LogP contribution in [0.5, 0.6) is 5.75 Å². The van der Waals surface area contributed by atoms with Crippen molar-refractivity contribution in [3.05, 3.63) is 63.0 Å². The smallest absolute Gasteiger partial charge is 0.291 e. The van der Waals surface area contributed by atoms with Crippen molar-refractivity contribution in [3.63, 3.8) is 0 Å². The summed E-state index contributed by atoms with van der Waals surface area (Å²) in [4.78, 5) is 26.3. The molecular formula is C21H22N4O3S. The number of benzene rings is 1. The summed E-state index contributed by atoms with van der Waals surface area (Å²) >= 11 is 1.64. The minimum absolute atomic E-state index is 0.101. The summed E-state index contributed by atoms with van der Waals surface area (Å²) in [6, 6.07) is 11.6. The van der Waals surface area contributed by atoms with Gasteiger partial charge in [0.15, 0.2) is 0 Å². The Labute approximate surface area is 171 Å². The number of nitrogens with one attached hydrogen (secondary N) is 1. The zero-order valence-corrected chi connectivity index (χ0v) is 17.4. The summed E-state index contributed by atoms with van der Waals surface area (Å²) in [7, 11) is 1.63. The highest BCUT2D eigenvalue weighted by Crippen LogP contribution is 2.27. The van der Waals surface area contributed by atoms with E-state index in [0.717, 1.165) is 21.5 Å². The second kappa shape index (κ2) is 7.71. The van der Waals surface area contributed by atoms with E-state index >= 15 is 0 Å². The maximum atomic E-state index is 12.8. The van der Waals surface area contributed by atoms with Crippen LogP contribution in [-0.2, 0) is 17.8 Å². The second-order valence-corrected chi connectivity index (χ2v) is 8.22. The van der Waals surface area contributed by atoms with Crippen LogP contribution in [0.25, 0.3) is 15.7 Å². The van der Waals surface area contributed by atoms with Gasteiger partial charge in [0.25, 0.3) is 5.56 Å². The number of fused-ring (bicyclic) bond motifs is 3. The number of methoxy groups -OCH3 is 1. The molecule has 0 aliphatic heterocycles. The predicted octanol–water partition coefficient (Wildman–Crippen LogP) is 2.70. The van der Waals surface area contributed by atoms with E-state index in [1.54, 1.807) is 18.4 Å². The van der Waals surface area contributed by atoms with Gasteiger partial charge in [0.2, 0.25) is 5.91 Å². The van der Waals surface area contributed by atoms with Gasteiger partial charge in [0.1, 0.15) is 23.6 Å². The van der Waals surface area contributed by atoms with Gasteiger partial charge in [-0.15, -0.1) is 11.3 Å². The van der Waals surface area contributed by atoms with E-state index in [1.807, 2.05) is 48.6 Å². The number of aromatic nitrogens is 3. The van der Waals surface area contributed by atoms with Crippen LogP contribution < -0.4 is 15.6 Å². The zero-order valence-electron chi connectivity index (χ0n) is 16.6. The van der Waals surface area contributed by atoms with Crippen LogP contribution in [0.2, 0.25) is 0 Å². The summed E-state index contributed by atoms with van der Waals surface area (Å²) < 4.78 is 9.29. The molecule has 0 unspecified atom stereocenters. The molecule has 0 aliphatic carbocycles. The van der Waals surface area contributed by atoms with Crippen molar-refractivity contribution in [1.82, 2.24) is 19.5 Å². The SMILES string of the molecule is COc1ccc(CCNC(=O)Cn2nc(C)n3c(cc4sc(C)cc43)c2=O)cc1. The van der Waals surface area contributed by atoms with Crippen LogP contribution in [0.15, 0.2) is 41.2 Å².